The van der Waals surface area contributed by atoms with E-state index in [0.29, 0.717) is 44.1 Å². The molecule has 154 valence electrons. The molecule has 3 rings (SSSR count). The summed E-state index contributed by atoms with van der Waals surface area (Å²) in [5.74, 6) is -0.0462. The molecular formula is C22H28N4O3. The molecule has 0 spiro atoms. The van der Waals surface area contributed by atoms with Crippen molar-refractivity contribution in [2.75, 3.05) is 45.7 Å². The molecule has 0 bridgehead atoms. The van der Waals surface area contributed by atoms with Crippen LogP contribution in [0.1, 0.15) is 21.5 Å². The maximum absolute atomic E-state index is 12.6. The Morgan fingerprint density at radius 1 is 1.03 bits per heavy atom. The van der Waals surface area contributed by atoms with Gasteiger partial charge in [0, 0.05) is 37.4 Å². The van der Waals surface area contributed by atoms with E-state index < -0.39 is 0 Å². The first-order valence-electron chi connectivity index (χ1n) is 9.76. The van der Waals surface area contributed by atoms with Gasteiger partial charge < -0.3 is 25.2 Å². The van der Waals surface area contributed by atoms with Crippen molar-refractivity contribution < 1.29 is 14.3 Å². The Hall–Kier alpha value is -2.90. The average Bonchev–Trinajstić information content (AvgIpc) is 2.72. The Bertz CT molecular complexity index is 847. The fourth-order valence-corrected chi connectivity index (χ4v) is 3.24. The lowest BCUT2D eigenvalue weighted by Gasteiger charge is -2.27. The van der Waals surface area contributed by atoms with Gasteiger partial charge in [-0.05, 0) is 43.4 Å². The molecule has 0 saturated carbocycles. The standard InChI is InChI=1S/C22H28N4O3/c1-25(2)16-18-6-3-5-17(13-18)15-23-22(28)24-20-8-4-7-19(14-20)21(27)26-9-11-29-12-10-26/h3-8,13-14H,9-12,15-16H2,1-2H3,(H2,23,24,28). The molecular weight excluding hydrogens is 368 g/mol. The van der Waals surface area contributed by atoms with E-state index >= 15 is 0 Å². The molecule has 1 aliphatic heterocycles. The maximum atomic E-state index is 12.6. The number of nitrogens with zero attached hydrogens (tertiary/aromatic N) is 2. The van der Waals surface area contributed by atoms with Gasteiger partial charge in [0.05, 0.1) is 13.2 Å². The number of anilines is 1. The van der Waals surface area contributed by atoms with Crippen LogP contribution in [-0.4, -0.2) is 62.1 Å². The molecule has 0 radical (unpaired) electrons. The molecule has 3 amide bonds. The molecule has 29 heavy (non-hydrogen) atoms. The van der Waals surface area contributed by atoms with Crippen molar-refractivity contribution in [3.63, 3.8) is 0 Å². The number of rotatable bonds is 6. The Morgan fingerprint density at radius 3 is 2.52 bits per heavy atom. The fourth-order valence-electron chi connectivity index (χ4n) is 3.24. The molecule has 0 atom stereocenters. The average molecular weight is 396 g/mol. The second-order valence-corrected chi connectivity index (χ2v) is 7.35. The molecule has 1 aliphatic rings. The van der Waals surface area contributed by atoms with Crippen LogP contribution in [0.3, 0.4) is 0 Å². The molecule has 0 unspecified atom stereocenters. The van der Waals surface area contributed by atoms with Gasteiger partial charge in [-0.3, -0.25) is 4.79 Å². The van der Waals surface area contributed by atoms with Crippen LogP contribution in [0.2, 0.25) is 0 Å². The lowest BCUT2D eigenvalue weighted by molar-refractivity contribution is 0.0303. The summed E-state index contributed by atoms with van der Waals surface area (Å²) in [6.45, 7) is 3.57. The second kappa shape index (κ2) is 10.0. The molecule has 2 aromatic carbocycles. The Balaban J connectivity index is 1.55. The molecule has 1 saturated heterocycles. The van der Waals surface area contributed by atoms with E-state index in [2.05, 4.69) is 27.7 Å². The maximum Gasteiger partial charge on any atom is 0.319 e. The first-order valence-corrected chi connectivity index (χ1v) is 9.76. The van der Waals surface area contributed by atoms with Crippen molar-refractivity contribution in [1.29, 1.82) is 0 Å². The minimum absolute atomic E-state index is 0.0462. The van der Waals surface area contributed by atoms with E-state index in [0.717, 1.165) is 12.1 Å². The Kier molecular flexibility index (Phi) is 7.21. The summed E-state index contributed by atoms with van der Waals surface area (Å²) in [5.41, 5.74) is 3.38. The van der Waals surface area contributed by atoms with E-state index in [1.54, 1.807) is 29.2 Å². The third-order valence-electron chi connectivity index (χ3n) is 4.61. The second-order valence-electron chi connectivity index (χ2n) is 7.35. The highest BCUT2D eigenvalue weighted by atomic mass is 16.5. The highest BCUT2D eigenvalue weighted by Gasteiger charge is 2.18. The van der Waals surface area contributed by atoms with Crippen molar-refractivity contribution in [2.24, 2.45) is 0 Å². The molecule has 1 fully saturated rings. The molecule has 2 N–H and O–H groups in total. The van der Waals surface area contributed by atoms with Crippen molar-refractivity contribution in [3.05, 3.63) is 65.2 Å². The van der Waals surface area contributed by atoms with Crippen molar-refractivity contribution in [3.8, 4) is 0 Å². The van der Waals surface area contributed by atoms with Crippen LogP contribution in [0, 0.1) is 0 Å². The zero-order valence-electron chi connectivity index (χ0n) is 17.0. The van der Waals surface area contributed by atoms with Gasteiger partial charge in [0.2, 0.25) is 0 Å². The SMILES string of the molecule is CN(C)Cc1cccc(CNC(=O)Nc2cccc(C(=O)N3CCOCC3)c2)c1. The van der Waals surface area contributed by atoms with Crippen molar-refractivity contribution in [2.45, 2.75) is 13.1 Å². The normalized spacial score (nSPS) is 14.0. The number of carbonyl (C=O) groups is 2. The van der Waals surface area contributed by atoms with Gasteiger partial charge in [-0.15, -0.1) is 0 Å². The molecule has 7 heteroatoms. The van der Waals surface area contributed by atoms with Crippen molar-refractivity contribution in [1.82, 2.24) is 15.1 Å². The number of nitrogens with one attached hydrogen (secondary N) is 2. The monoisotopic (exact) mass is 396 g/mol. The van der Waals surface area contributed by atoms with Gasteiger partial charge in [-0.2, -0.15) is 0 Å². The van der Waals surface area contributed by atoms with Gasteiger partial charge in [-0.1, -0.05) is 30.3 Å². The van der Waals surface area contributed by atoms with E-state index in [1.807, 2.05) is 26.2 Å². The minimum Gasteiger partial charge on any atom is -0.378 e. The highest BCUT2D eigenvalue weighted by Crippen LogP contribution is 2.14. The van der Waals surface area contributed by atoms with Crippen LogP contribution in [0.5, 0.6) is 0 Å². The molecule has 1 heterocycles. The van der Waals surface area contributed by atoms with Crippen LogP contribution in [0.15, 0.2) is 48.5 Å². The van der Waals surface area contributed by atoms with E-state index in [1.165, 1.54) is 5.56 Å². The summed E-state index contributed by atoms with van der Waals surface area (Å²) in [7, 11) is 4.05. The molecule has 0 aliphatic carbocycles. The van der Waals surface area contributed by atoms with E-state index in [-0.39, 0.29) is 11.9 Å². The third kappa shape index (κ3) is 6.30. The first-order chi connectivity index (χ1) is 14.0. The summed E-state index contributed by atoms with van der Waals surface area (Å²) in [6.07, 6.45) is 0. The number of hydrogen-bond acceptors (Lipinski definition) is 4. The fraction of sp³-hybridized carbons (Fsp3) is 0.364. The van der Waals surface area contributed by atoms with Crippen LogP contribution in [0.4, 0.5) is 10.5 Å². The predicted octanol–water partition coefficient (Wildman–Crippen LogP) is 2.54. The largest absolute Gasteiger partial charge is 0.378 e. The number of urea groups is 1. The highest BCUT2D eigenvalue weighted by molar-refractivity contribution is 5.97. The van der Waals surface area contributed by atoms with Crippen LogP contribution in [-0.2, 0) is 17.8 Å². The van der Waals surface area contributed by atoms with Crippen LogP contribution < -0.4 is 10.6 Å². The van der Waals surface area contributed by atoms with Gasteiger partial charge in [0.25, 0.3) is 5.91 Å². The zero-order chi connectivity index (χ0) is 20.6. The topological polar surface area (TPSA) is 73.9 Å². The van der Waals surface area contributed by atoms with E-state index in [9.17, 15) is 9.59 Å². The third-order valence-corrected chi connectivity index (χ3v) is 4.61. The quantitative estimate of drug-likeness (QED) is 0.787. The van der Waals surface area contributed by atoms with Gasteiger partial charge in [-0.25, -0.2) is 4.79 Å². The summed E-state index contributed by atoms with van der Waals surface area (Å²) in [6, 6.07) is 14.8. The number of ether oxygens (including phenoxy) is 1. The van der Waals surface area contributed by atoms with Gasteiger partial charge >= 0.3 is 6.03 Å². The Labute approximate surface area is 171 Å². The summed E-state index contributed by atoms with van der Waals surface area (Å²) < 4.78 is 5.29. The summed E-state index contributed by atoms with van der Waals surface area (Å²) in [4.78, 5) is 28.8. The number of carbonyl (C=O) groups excluding carboxylic acids is 2. The number of benzene rings is 2. The molecule has 0 aromatic heterocycles. The molecule has 2 aromatic rings. The first kappa shape index (κ1) is 20.8. The van der Waals surface area contributed by atoms with Crippen LogP contribution in [0.25, 0.3) is 0 Å². The van der Waals surface area contributed by atoms with E-state index in [4.69, 9.17) is 4.74 Å². The predicted molar refractivity (Wildman–Crippen MR) is 113 cm³/mol. The minimum atomic E-state index is -0.306. The lowest BCUT2D eigenvalue weighted by atomic mass is 10.1. The smallest absolute Gasteiger partial charge is 0.319 e. The Morgan fingerprint density at radius 2 is 1.76 bits per heavy atom. The summed E-state index contributed by atoms with van der Waals surface area (Å²) in [5, 5.41) is 5.67. The number of amides is 3. The van der Waals surface area contributed by atoms with Gasteiger partial charge in [0.15, 0.2) is 0 Å². The molecule has 7 nitrogen and oxygen atoms in total. The number of morpholine rings is 1. The summed E-state index contributed by atoms with van der Waals surface area (Å²) >= 11 is 0. The van der Waals surface area contributed by atoms with Crippen molar-refractivity contribution >= 4 is 17.6 Å². The van der Waals surface area contributed by atoms with Crippen LogP contribution >= 0.6 is 0 Å². The zero-order valence-corrected chi connectivity index (χ0v) is 17.0. The lowest BCUT2D eigenvalue weighted by Crippen LogP contribution is -2.40. The van der Waals surface area contributed by atoms with Gasteiger partial charge in [0.1, 0.15) is 0 Å². The number of hydrogen-bond donors (Lipinski definition) is 2.